The summed E-state index contributed by atoms with van der Waals surface area (Å²) < 4.78 is 0. The van der Waals surface area contributed by atoms with Crippen LogP contribution >= 0.6 is 0 Å². The number of amides is 2. The molecular weight excluding hydrogens is 328 g/mol. The lowest BCUT2D eigenvalue weighted by Crippen LogP contribution is -2.30. The predicted molar refractivity (Wildman–Crippen MR) is 100 cm³/mol. The molecule has 1 fully saturated rings. The Bertz CT molecular complexity index is 684. The summed E-state index contributed by atoms with van der Waals surface area (Å²) in [7, 11) is 0. The lowest BCUT2D eigenvalue weighted by atomic mass is 9.89. The molecule has 0 atom stereocenters. The number of rotatable bonds is 8. The maximum absolute atomic E-state index is 12.4. The lowest BCUT2D eigenvalue weighted by Gasteiger charge is -2.16. The molecule has 5 heteroatoms. The van der Waals surface area contributed by atoms with E-state index in [9.17, 15) is 14.4 Å². The van der Waals surface area contributed by atoms with E-state index in [1.165, 1.54) is 24.0 Å². The Balaban J connectivity index is 1.36. The zero-order chi connectivity index (χ0) is 18.4. The third-order valence-electron chi connectivity index (χ3n) is 5.35. The molecule has 3 rings (SSSR count). The van der Waals surface area contributed by atoms with Gasteiger partial charge in [0.05, 0.1) is 0 Å². The fourth-order valence-corrected chi connectivity index (χ4v) is 3.80. The molecule has 1 aromatic carbocycles. The van der Waals surface area contributed by atoms with Crippen molar-refractivity contribution in [2.24, 2.45) is 0 Å². The summed E-state index contributed by atoms with van der Waals surface area (Å²) in [5.74, 6) is 0.159. The molecule has 0 aromatic heterocycles. The van der Waals surface area contributed by atoms with Crippen molar-refractivity contribution in [1.82, 2.24) is 10.2 Å². The minimum absolute atomic E-state index is 0.0381. The van der Waals surface area contributed by atoms with E-state index < -0.39 is 0 Å². The van der Waals surface area contributed by atoms with Gasteiger partial charge in [0, 0.05) is 44.5 Å². The largest absolute Gasteiger partial charge is 0.356 e. The van der Waals surface area contributed by atoms with E-state index in [0.717, 1.165) is 37.8 Å². The summed E-state index contributed by atoms with van der Waals surface area (Å²) in [6, 6.07) is 5.99. The number of nitrogens with one attached hydrogen (secondary N) is 1. The highest BCUT2D eigenvalue weighted by Gasteiger charge is 2.19. The van der Waals surface area contributed by atoms with Crippen molar-refractivity contribution in [1.29, 1.82) is 0 Å². The van der Waals surface area contributed by atoms with Crippen molar-refractivity contribution in [3.63, 3.8) is 0 Å². The van der Waals surface area contributed by atoms with Gasteiger partial charge in [0.25, 0.3) is 0 Å². The second-order valence-electron chi connectivity index (χ2n) is 7.30. The third-order valence-corrected chi connectivity index (χ3v) is 5.35. The van der Waals surface area contributed by atoms with Gasteiger partial charge in [-0.25, -0.2) is 0 Å². The average Bonchev–Trinajstić information content (AvgIpc) is 3.07. The van der Waals surface area contributed by atoms with Crippen molar-refractivity contribution in [2.75, 3.05) is 19.6 Å². The first-order valence-corrected chi connectivity index (χ1v) is 9.83. The second-order valence-corrected chi connectivity index (χ2v) is 7.30. The average molecular weight is 356 g/mol. The molecule has 1 N–H and O–H groups in total. The van der Waals surface area contributed by atoms with Gasteiger partial charge in [-0.1, -0.05) is 12.1 Å². The number of likely N-dealkylation sites (tertiary alicyclic amines) is 1. The number of carbonyl (C=O) groups excluding carboxylic acids is 3. The van der Waals surface area contributed by atoms with Crippen molar-refractivity contribution in [3.8, 4) is 0 Å². The quantitative estimate of drug-likeness (QED) is 0.575. The zero-order valence-electron chi connectivity index (χ0n) is 15.4. The Morgan fingerprint density at radius 3 is 2.58 bits per heavy atom. The Labute approximate surface area is 155 Å². The SMILES string of the molecule is O=C(CCC(=O)c1ccc2c(c1)CCCC2)NCCCN1CCCC1=O. The zero-order valence-corrected chi connectivity index (χ0v) is 15.4. The third kappa shape index (κ3) is 4.93. The number of carbonyl (C=O) groups is 3. The number of benzene rings is 1. The summed E-state index contributed by atoms with van der Waals surface area (Å²) in [5.41, 5.74) is 3.39. The standard InChI is InChI=1S/C21H28N2O3/c24-19(18-9-8-16-5-1-2-6-17(16)15-18)10-11-20(25)22-12-4-14-23-13-3-7-21(23)26/h8-9,15H,1-7,10-14H2,(H,22,25). The van der Waals surface area contributed by atoms with Crippen LogP contribution < -0.4 is 5.32 Å². The van der Waals surface area contributed by atoms with Crippen LogP contribution in [0.4, 0.5) is 0 Å². The summed E-state index contributed by atoms with van der Waals surface area (Å²) in [5, 5.41) is 2.85. The van der Waals surface area contributed by atoms with Crippen LogP contribution in [-0.4, -0.2) is 42.1 Å². The number of ketones is 1. The van der Waals surface area contributed by atoms with Crippen LogP contribution in [-0.2, 0) is 22.4 Å². The molecule has 1 aliphatic heterocycles. The number of Topliss-reactive ketones (excluding diaryl/α,β-unsaturated/α-hetero) is 1. The first-order valence-electron chi connectivity index (χ1n) is 9.83. The molecule has 0 unspecified atom stereocenters. The summed E-state index contributed by atoms with van der Waals surface area (Å²) in [4.78, 5) is 37.6. The molecular formula is C21H28N2O3. The molecule has 1 aliphatic carbocycles. The second kappa shape index (κ2) is 8.97. The molecule has 26 heavy (non-hydrogen) atoms. The van der Waals surface area contributed by atoms with Gasteiger partial charge in [0.1, 0.15) is 0 Å². The van der Waals surface area contributed by atoms with Crippen LogP contribution in [0.3, 0.4) is 0 Å². The minimum atomic E-state index is -0.0935. The van der Waals surface area contributed by atoms with E-state index in [4.69, 9.17) is 0 Å². The van der Waals surface area contributed by atoms with Gasteiger partial charge in [-0.15, -0.1) is 0 Å². The van der Waals surface area contributed by atoms with E-state index >= 15 is 0 Å². The van der Waals surface area contributed by atoms with Gasteiger partial charge in [-0.2, -0.15) is 0 Å². The van der Waals surface area contributed by atoms with Crippen molar-refractivity contribution in [2.45, 2.75) is 57.8 Å². The molecule has 1 aromatic rings. The Morgan fingerprint density at radius 1 is 1.00 bits per heavy atom. The monoisotopic (exact) mass is 356 g/mol. The van der Waals surface area contributed by atoms with Crippen LogP contribution in [0.15, 0.2) is 18.2 Å². The van der Waals surface area contributed by atoms with Gasteiger partial charge in [-0.3, -0.25) is 14.4 Å². The fraction of sp³-hybridized carbons (Fsp3) is 0.571. The van der Waals surface area contributed by atoms with E-state index in [1.54, 1.807) is 0 Å². The highest BCUT2D eigenvalue weighted by Crippen LogP contribution is 2.23. The first kappa shape index (κ1) is 18.6. The maximum Gasteiger partial charge on any atom is 0.222 e. The van der Waals surface area contributed by atoms with Gasteiger partial charge < -0.3 is 10.2 Å². The molecule has 0 saturated carbocycles. The Hall–Kier alpha value is -2.17. The highest BCUT2D eigenvalue weighted by molar-refractivity contribution is 5.98. The Morgan fingerprint density at radius 2 is 1.81 bits per heavy atom. The van der Waals surface area contributed by atoms with E-state index in [0.29, 0.717) is 19.5 Å². The summed E-state index contributed by atoms with van der Waals surface area (Å²) in [6.07, 6.45) is 7.39. The molecule has 1 heterocycles. The summed E-state index contributed by atoms with van der Waals surface area (Å²) in [6.45, 7) is 2.09. The lowest BCUT2D eigenvalue weighted by molar-refractivity contribution is -0.127. The van der Waals surface area contributed by atoms with Gasteiger partial charge in [0.15, 0.2) is 5.78 Å². The van der Waals surface area contributed by atoms with Crippen LogP contribution in [0.1, 0.15) is 66.4 Å². The normalized spacial score (nSPS) is 16.5. The molecule has 1 saturated heterocycles. The fourth-order valence-electron chi connectivity index (χ4n) is 3.80. The van der Waals surface area contributed by atoms with Crippen LogP contribution in [0, 0.1) is 0 Å². The Kier molecular flexibility index (Phi) is 6.42. The van der Waals surface area contributed by atoms with Gasteiger partial charge in [0.2, 0.25) is 11.8 Å². The van der Waals surface area contributed by atoms with Crippen molar-refractivity contribution >= 4 is 17.6 Å². The van der Waals surface area contributed by atoms with Crippen molar-refractivity contribution < 1.29 is 14.4 Å². The van der Waals surface area contributed by atoms with Gasteiger partial charge in [-0.05, 0) is 55.7 Å². The molecule has 0 radical (unpaired) electrons. The van der Waals surface area contributed by atoms with E-state index in [1.807, 2.05) is 17.0 Å². The number of hydrogen-bond donors (Lipinski definition) is 1. The van der Waals surface area contributed by atoms with Crippen LogP contribution in [0.25, 0.3) is 0 Å². The topological polar surface area (TPSA) is 66.5 Å². The molecule has 140 valence electrons. The predicted octanol–water partition coefficient (Wildman–Crippen LogP) is 2.66. The molecule has 5 nitrogen and oxygen atoms in total. The number of fused-ring (bicyclic) bond motifs is 1. The highest BCUT2D eigenvalue weighted by atomic mass is 16.2. The van der Waals surface area contributed by atoms with Crippen LogP contribution in [0.5, 0.6) is 0 Å². The molecule has 2 amide bonds. The first-order chi connectivity index (χ1) is 12.6. The number of hydrogen-bond acceptors (Lipinski definition) is 3. The molecule has 2 aliphatic rings. The van der Waals surface area contributed by atoms with E-state index in [2.05, 4.69) is 11.4 Å². The maximum atomic E-state index is 12.4. The molecule has 0 spiro atoms. The van der Waals surface area contributed by atoms with E-state index in [-0.39, 0.29) is 30.4 Å². The molecule has 0 bridgehead atoms. The smallest absolute Gasteiger partial charge is 0.222 e. The minimum Gasteiger partial charge on any atom is -0.356 e. The number of nitrogens with zero attached hydrogens (tertiary/aromatic N) is 1. The summed E-state index contributed by atoms with van der Waals surface area (Å²) >= 11 is 0. The van der Waals surface area contributed by atoms with Crippen LogP contribution in [0.2, 0.25) is 0 Å². The van der Waals surface area contributed by atoms with Gasteiger partial charge >= 0.3 is 0 Å². The van der Waals surface area contributed by atoms with Crippen molar-refractivity contribution in [3.05, 3.63) is 34.9 Å². The number of aryl methyl sites for hydroxylation is 2.